The fourth-order valence-electron chi connectivity index (χ4n) is 1.38. The first-order valence-corrected chi connectivity index (χ1v) is 5.39. The number of nitrogens with zero attached hydrogens (tertiary/aromatic N) is 1. The summed E-state index contributed by atoms with van der Waals surface area (Å²) in [6.07, 6.45) is 5.96. The van der Waals surface area contributed by atoms with Crippen LogP contribution in [0.5, 0.6) is 0 Å². The zero-order valence-corrected chi connectivity index (χ0v) is 8.95. The largest absolute Gasteiger partial charge is 0.396 e. The van der Waals surface area contributed by atoms with Crippen LogP contribution >= 0.6 is 0 Å². The van der Waals surface area contributed by atoms with Gasteiger partial charge in [-0.3, -0.25) is 0 Å². The topological polar surface area (TPSA) is 71.2 Å². The van der Waals surface area contributed by atoms with Crippen LogP contribution in [-0.4, -0.2) is 23.2 Å². The predicted octanol–water partition coefficient (Wildman–Crippen LogP) is 1.63. The maximum atomic E-state index is 8.59. The van der Waals surface area contributed by atoms with Crippen LogP contribution in [0.4, 0.5) is 11.5 Å². The average molecular weight is 209 g/mol. The van der Waals surface area contributed by atoms with Crippen LogP contribution in [0.2, 0.25) is 0 Å². The molecule has 4 nitrogen and oxygen atoms in total. The van der Waals surface area contributed by atoms with E-state index in [-0.39, 0.29) is 0 Å². The molecule has 0 aliphatic carbocycles. The molecule has 0 aliphatic heterocycles. The third-order valence-electron chi connectivity index (χ3n) is 2.20. The van der Waals surface area contributed by atoms with Gasteiger partial charge in [-0.15, -0.1) is 0 Å². The Balaban J connectivity index is 2.10. The van der Waals surface area contributed by atoms with Crippen molar-refractivity contribution in [1.29, 1.82) is 0 Å². The second-order valence-electron chi connectivity index (χ2n) is 3.53. The molecule has 0 fully saturated rings. The minimum atomic E-state index is 0.300. The minimum Gasteiger partial charge on any atom is -0.396 e. The molecule has 0 aliphatic rings. The highest BCUT2D eigenvalue weighted by molar-refractivity contribution is 5.49. The number of hydrogen-bond donors (Lipinski definition) is 3. The van der Waals surface area contributed by atoms with E-state index in [2.05, 4.69) is 10.3 Å². The molecule has 0 spiro atoms. The van der Waals surface area contributed by atoms with Crippen LogP contribution in [0.15, 0.2) is 18.3 Å². The molecule has 1 aromatic rings. The lowest BCUT2D eigenvalue weighted by Gasteiger charge is -2.06. The smallest absolute Gasteiger partial charge is 0.125 e. The SMILES string of the molecule is Nc1cc(NCCCCCCO)ccn1. The number of aliphatic hydroxyl groups is 1. The third-order valence-corrected chi connectivity index (χ3v) is 2.20. The van der Waals surface area contributed by atoms with Crippen molar-refractivity contribution in [2.75, 3.05) is 24.2 Å². The summed E-state index contributed by atoms with van der Waals surface area (Å²) in [5.74, 6) is 0.542. The van der Waals surface area contributed by atoms with Gasteiger partial charge in [-0.25, -0.2) is 4.98 Å². The van der Waals surface area contributed by atoms with Gasteiger partial charge in [-0.2, -0.15) is 0 Å². The van der Waals surface area contributed by atoms with Crippen molar-refractivity contribution in [2.45, 2.75) is 25.7 Å². The number of nitrogen functional groups attached to an aromatic ring is 1. The maximum absolute atomic E-state index is 8.59. The monoisotopic (exact) mass is 209 g/mol. The van der Waals surface area contributed by atoms with E-state index in [1.807, 2.05) is 12.1 Å². The molecule has 0 aromatic carbocycles. The molecule has 1 aromatic heterocycles. The van der Waals surface area contributed by atoms with Crippen molar-refractivity contribution in [3.63, 3.8) is 0 Å². The van der Waals surface area contributed by atoms with Gasteiger partial charge in [0.1, 0.15) is 5.82 Å². The normalized spacial score (nSPS) is 10.2. The third kappa shape index (κ3) is 5.22. The first kappa shape index (κ1) is 11.8. The molecule has 0 saturated heterocycles. The predicted molar refractivity (Wildman–Crippen MR) is 62.7 cm³/mol. The Kier molecular flexibility index (Phi) is 5.55. The molecule has 0 radical (unpaired) electrons. The molecule has 4 heteroatoms. The molecular formula is C11H19N3O. The lowest BCUT2D eigenvalue weighted by atomic mass is 10.2. The van der Waals surface area contributed by atoms with E-state index in [9.17, 15) is 0 Å². The second-order valence-corrected chi connectivity index (χ2v) is 3.53. The lowest BCUT2D eigenvalue weighted by Crippen LogP contribution is -2.02. The number of aliphatic hydroxyl groups excluding tert-OH is 1. The fraction of sp³-hybridized carbons (Fsp3) is 0.545. The summed E-state index contributed by atoms with van der Waals surface area (Å²) in [6.45, 7) is 1.24. The van der Waals surface area contributed by atoms with E-state index in [4.69, 9.17) is 10.8 Å². The van der Waals surface area contributed by atoms with E-state index in [0.29, 0.717) is 12.4 Å². The Bertz CT molecular complexity index is 278. The Morgan fingerprint density at radius 2 is 2.07 bits per heavy atom. The summed E-state index contributed by atoms with van der Waals surface area (Å²) in [6, 6.07) is 3.73. The van der Waals surface area contributed by atoms with Crippen LogP contribution in [0, 0.1) is 0 Å². The van der Waals surface area contributed by atoms with Gasteiger partial charge in [0, 0.05) is 31.1 Å². The zero-order chi connectivity index (χ0) is 10.9. The lowest BCUT2D eigenvalue weighted by molar-refractivity contribution is 0.283. The van der Waals surface area contributed by atoms with Gasteiger partial charge < -0.3 is 16.2 Å². The first-order valence-electron chi connectivity index (χ1n) is 5.39. The van der Waals surface area contributed by atoms with Gasteiger partial charge in [0.25, 0.3) is 0 Å². The van der Waals surface area contributed by atoms with Crippen molar-refractivity contribution in [1.82, 2.24) is 4.98 Å². The molecule has 1 rings (SSSR count). The van der Waals surface area contributed by atoms with Gasteiger partial charge in [-0.05, 0) is 18.9 Å². The van der Waals surface area contributed by atoms with Crippen molar-refractivity contribution < 1.29 is 5.11 Å². The number of nitrogens with two attached hydrogens (primary N) is 1. The first-order chi connectivity index (χ1) is 7.33. The maximum Gasteiger partial charge on any atom is 0.125 e. The summed E-state index contributed by atoms with van der Waals surface area (Å²) < 4.78 is 0. The summed E-state index contributed by atoms with van der Waals surface area (Å²) in [4.78, 5) is 3.92. The van der Waals surface area contributed by atoms with Crippen LogP contribution in [0.25, 0.3) is 0 Å². The van der Waals surface area contributed by atoms with Gasteiger partial charge in [0.15, 0.2) is 0 Å². The number of hydrogen-bond acceptors (Lipinski definition) is 4. The van der Waals surface area contributed by atoms with Crippen LogP contribution in [0.1, 0.15) is 25.7 Å². The van der Waals surface area contributed by atoms with E-state index in [1.54, 1.807) is 6.20 Å². The molecule has 0 bridgehead atoms. The van der Waals surface area contributed by atoms with Gasteiger partial charge in [0.05, 0.1) is 0 Å². The molecule has 0 atom stereocenters. The van der Waals surface area contributed by atoms with Gasteiger partial charge in [-0.1, -0.05) is 12.8 Å². The van der Waals surface area contributed by atoms with E-state index < -0.39 is 0 Å². The molecule has 0 saturated carbocycles. The van der Waals surface area contributed by atoms with Crippen LogP contribution in [-0.2, 0) is 0 Å². The summed E-state index contributed by atoms with van der Waals surface area (Å²) in [7, 11) is 0. The summed E-state index contributed by atoms with van der Waals surface area (Å²) in [5.41, 5.74) is 6.57. The number of unbranched alkanes of at least 4 members (excludes halogenated alkanes) is 3. The van der Waals surface area contributed by atoms with Gasteiger partial charge in [0.2, 0.25) is 0 Å². The number of pyridine rings is 1. The highest BCUT2D eigenvalue weighted by Crippen LogP contribution is 2.09. The number of anilines is 2. The Labute approximate surface area is 90.5 Å². The van der Waals surface area contributed by atoms with E-state index in [0.717, 1.165) is 37.9 Å². The Morgan fingerprint density at radius 3 is 2.80 bits per heavy atom. The van der Waals surface area contributed by atoms with Crippen molar-refractivity contribution in [3.05, 3.63) is 18.3 Å². The summed E-state index contributed by atoms with van der Waals surface area (Å²) in [5, 5.41) is 11.9. The van der Waals surface area contributed by atoms with Crippen molar-refractivity contribution >= 4 is 11.5 Å². The minimum absolute atomic E-state index is 0.300. The molecule has 1 heterocycles. The number of nitrogens with one attached hydrogen (secondary N) is 1. The van der Waals surface area contributed by atoms with E-state index in [1.165, 1.54) is 0 Å². The van der Waals surface area contributed by atoms with Crippen molar-refractivity contribution in [3.8, 4) is 0 Å². The standard InChI is InChI=1S/C11H19N3O/c12-11-9-10(5-7-14-11)13-6-3-1-2-4-8-15/h5,7,9,15H,1-4,6,8H2,(H3,12,13,14). The molecule has 15 heavy (non-hydrogen) atoms. The summed E-state index contributed by atoms with van der Waals surface area (Å²) >= 11 is 0. The van der Waals surface area contributed by atoms with Crippen LogP contribution < -0.4 is 11.1 Å². The number of rotatable bonds is 7. The average Bonchev–Trinajstić information content (AvgIpc) is 2.23. The fourth-order valence-corrected chi connectivity index (χ4v) is 1.38. The molecule has 84 valence electrons. The van der Waals surface area contributed by atoms with Crippen molar-refractivity contribution in [2.24, 2.45) is 0 Å². The van der Waals surface area contributed by atoms with Gasteiger partial charge >= 0.3 is 0 Å². The highest BCUT2D eigenvalue weighted by Gasteiger charge is 1.93. The molecule has 0 amide bonds. The highest BCUT2D eigenvalue weighted by atomic mass is 16.2. The molecular weight excluding hydrogens is 190 g/mol. The molecule has 4 N–H and O–H groups in total. The Morgan fingerprint density at radius 1 is 1.27 bits per heavy atom. The molecule has 0 unspecified atom stereocenters. The van der Waals surface area contributed by atoms with E-state index >= 15 is 0 Å². The quantitative estimate of drug-likeness (QED) is 0.597. The Hall–Kier alpha value is -1.29. The zero-order valence-electron chi connectivity index (χ0n) is 8.95. The number of aromatic nitrogens is 1. The van der Waals surface area contributed by atoms with Crippen LogP contribution in [0.3, 0.4) is 0 Å². The second kappa shape index (κ2) is 7.06.